The van der Waals surface area contributed by atoms with Crippen molar-refractivity contribution < 1.29 is 9.84 Å². The molecule has 0 saturated carbocycles. The van der Waals surface area contributed by atoms with Crippen molar-refractivity contribution in [1.29, 1.82) is 0 Å². The van der Waals surface area contributed by atoms with Gasteiger partial charge < -0.3 is 9.84 Å². The summed E-state index contributed by atoms with van der Waals surface area (Å²) in [7, 11) is 0. The van der Waals surface area contributed by atoms with Gasteiger partial charge in [-0.05, 0) is 42.4 Å². The highest BCUT2D eigenvalue weighted by Crippen LogP contribution is 2.33. The Morgan fingerprint density at radius 2 is 2.40 bits per heavy atom. The molecule has 0 amide bonds. The highest BCUT2D eigenvalue weighted by atomic mass is 32.2. The number of aliphatic hydroxyl groups is 1. The Balaban J connectivity index is 2.03. The molecule has 1 aromatic rings. The van der Waals surface area contributed by atoms with Gasteiger partial charge in [0.1, 0.15) is 5.75 Å². The van der Waals surface area contributed by atoms with E-state index in [1.165, 1.54) is 5.56 Å². The minimum Gasteiger partial charge on any atom is -0.493 e. The quantitative estimate of drug-likeness (QED) is 0.796. The topological polar surface area (TPSA) is 29.5 Å². The van der Waals surface area contributed by atoms with E-state index in [0.717, 1.165) is 36.5 Å². The maximum absolute atomic E-state index is 9.64. The van der Waals surface area contributed by atoms with Crippen LogP contribution in [0.2, 0.25) is 0 Å². The molecule has 2 rings (SSSR count). The summed E-state index contributed by atoms with van der Waals surface area (Å²) in [5, 5.41) is 9.64. The predicted octanol–water partition coefficient (Wildman–Crippen LogP) is 2.41. The average molecular weight is 224 g/mol. The normalized spacial score (nSPS) is 18.9. The lowest BCUT2D eigenvalue weighted by atomic mass is 10.1. The van der Waals surface area contributed by atoms with Crippen molar-refractivity contribution in [3.05, 3.63) is 29.3 Å². The number of rotatable bonds is 4. The summed E-state index contributed by atoms with van der Waals surface area (Å²) in [5.74, 6) is 1.94. The fraction of sp³-hybridized carbons (Fsp3) is 0.500. The Labute approximate surface area is 94.6 Å². The van der Waals surface area contributed by atoms with E-state index in [0.29, 0.717) is 0 Å². The van der Waals surface area contributed by atoms with E-state index in [2.05, 4.69) is 12.3 Å². The molecule has 0 bridgehead atoms. The number of aliphatic hydroxyl groups excluding tert-OH is 1. The lowest BCUT2D eigenvalue weighted by Gasteiger charge is -2.08. The van der Waals surface area contributed by atoms with Gasteiger partial charge in [0.05, 0.1) is 12.7 Å². The van der Waals surface area contributed by atoms with E-state index in [9.17, 15) is 5.11 Å². The van der Waals surface area contributed by atoms with Gasteiger partial charge in [-0.1, -0.05) is 6.07 Å². The first-order valence-electron chi connectivity index (χ1n) is 5.24. The van der Waals surface area contributed by atoms with Crippen LogP contribution in [0.3, 0.4) is 0 Å². The van der Waals surface area contributed by atoms with Crippen LogP contribution in [0.1, 0.15) is 23.7 Å². The van der Waals surface area contributed by atoms with Crippen LogP contribution in [0.25, 0.3) is 0 Å². The summed E-state index contributed by atoms with van der Waals surface area (Å²) in [6.07, 6.45) is 3.63. The van der Waals surface area contributed by atoms with Gasteiger partial charge in [-0.3, -0.25) is 0 Å². The maximum atomic E-state index is 9.64. The summed E-state index contributed by atoms with van der Waals surface area (Å²) >= 11 is 1.78. The molecule has 0 aliphatic heterocycles. The van der Waals surface area contributed by atoms with Crippen molar-refractivity contribution in [2.45, 2.75) is 18.9 Å². The van der Waals surface area contributed by atoms with Crippen molar-refractivity contribution in [2.24, 2.45) is 0 Å². The van der Waals surface area contributed by atoms with Crippen LogP contribution in [-0.2, 0) is 6.42 Å². The number of ether oxygens (including phenoxy) is 1. The van der Waals surface area contributed by atoms with Crippen LogP contribution in [0.4, 0.5) is 0 Å². The molecule has 3 heteroatoms. The van der Waals surface area contributed by atoms with Gasteiger partial charge in [-0.15, -0.1) is 0 Å². The van der Waals surface area contributed by atoms with Crippen LogP contribution >= 0.6 is 11.8 Å². The molecule has 1 N–H and O–H groups in total. The predicted molar refractivity (Wildman–Crippen MR) is 63.6 cm³/mol. The highest BCUT2D eigenvalue weighted by Gasteiger charge is 2.20. The second-order valence-corrected chi connectivity index (χ2v) is 4.74. The molecule has 0 radical (unpaired) electrons. The van der Waals surface area contributed by atoms with Gasteiger partial charge in [-0.2, -0.15) is 11.8 Å². The van der Waals surface area contributed by atoms with E-state index in [4.69, 9.17) is 4.74 Å². The number of hydrogen-bond acceptors (Lipinski definition) is 3. The van der Waals surface area contributed by atoms with Crippen molar-refractivity contribution in [3.8, 4) is 5.75 Å². The molecule has 15 heavy (non-hydrogen) atoms. The molecule has 1 aromatic carbocycles. The first-order valence-corrected chi connectivity index (χ1v) is 6.63. The van der Waals surface area contributed by atoms with Crippen LogP contribution in [0.5, 0.6) is 5.75 Å². The molecule has 0 heterocycles. The summed E-state index contributed by atoms with van der Waals surface area (Å²) in [4.78, 5) is 0. The molecule has 1 aliphatic rings. The smallest absolute Gasteiger partial charge is 0.119 e. The molecular formula is C12H16O2S. The van der Waals surface area contributed by atoms with Crippen LogP contribution in [0.15, 0.2) is 18.2 Å². The monoisotopic (exact) mass is 224 g/mol. The molecule has 82 valence electrons. The molecule has 2 nitrogen and oxygen atoms in total. The molecule has 1 atom stereocenters. The fourth-order valence-electron chi connectivity index (χ4n) is 1.90. The third kappa shape index (κ3) is 2.47. The van der Waals surface area contributed by atoms with Crippen LogP contribution < -0.4 is 4.74 Å². The minimum atomic E-state index is -0.264. The average Bonchev–Trinajstić information content (AvgIpc) is 2.61. The lowest BCUT2D eigenvalue weighted by molar-refractivity contribution is 0.180. The van der Waals surface area contributed by atoms with Gasteiger partial charge in [0.15, 0.2) is 0 Å². The van der Waals surface area contributed by atoms with Gasteiger partial charge in [0.2, 0.25) is 0 Å². The Bertz CT molecular complexity index is 338. The molecule has 1 unspecified atom stereocenters. The number of benzene rings is 1. The van der Waals surface area contributed by atoms with Crippen molar-refractivity contribution in [3.63, 3.8) is 0 Å². The SMILES string of the molecule is CSCCOc1ccc2c(c1)CCC2O. The van der Waals surface area contributed by atoms with Gasteiger partial charge in [0, 0.05) is 5.75 Å². The van der Waals surface area contributed by atoms with E-state index >= 15 is 0 Å². The van der Waals surface area contributed by atoms with Crippen molar-refractivity contribution in [1.82, 2.24) is 0 Å². The third-order valence-corrected chi connectivity index (χ3v) is 3.29. The molecular weight excluding hydrogens is 208 g/mol. The van der Waals surface area contributed by atoms with E-state index in [1.807, 2.05) is 12.1 Å². The summed E-state index contributed by atoms with van der Waals surface area (Å²) < 4.78 is 5.60. The van der Waals surface area contributed by atoms with E-state index in [1.54, 1.807) is 11.8 Å². The zero-order valence-electron chi connectivity index (χ0n) is 8.90. The zero-order valence-corrected chi connectivity index (χ0v) is 9.72. The molecule has 0 aromatic heterocycles. The summed E-state index contributed by atoms with van der Waals surface area (Å²) in [6, 6.07) is 6.00. The lowest BCUT2D eigenvalue weighted by Crippen LogP contribution is -2.00. The molecule has 0 spiro atoms. The van der Waals surface area contributed by atoms with E-state index < -0.39 is 0 Å². The number of hydrogen-bond donors (Lipinski definition) is 1. The van der Waals surface area contributed by atoms with Crippen molar-refractivity contribution in [2.75, 3.05) is 18.6 Å². The number of thioether (sulfide) groups is 1. The largest absolute Gasteiger partial charge is 0.493 e. The Morgan fingerprint density at radius 3 is 3.20 bits per heavy atom. The second-order valence-electron chi connectivity index (χ2n) is 3.76. The Kier molecular flexibility index (Phi) is 3.54. The maximum Gasteiger partial charge on any atom is 0.119 e. The first-order chi connectivity index (χ1) is 7.31. The van der Waals surface area contributed by atoms with Crippen LogP contribution in [-0.4, -0.2) is 23.7 Å². The van der Waals surface area contributed by atoms with Gasteiger partial charge >= 0.3 is 0 Å². The zero-order chi connectivity index (χ0) is 10.7. The molecule has 1 aliphatic carbocycles. The molecule has 0 saturated heterocycles. The second kappa shape index (κ2) is 4.90. The van der Waals surface area contributed by atoms with Gasteiger partial charge in [0.25, 0.3) is 0 Å². The summed E-state index contributed by atoms with van der Waals surface area (Å²) in [5.41, 5.74) is 2.32. The third-order valence-electron chi connectivity index (χ3n) is 2.72. The highest BCUT2D eigenvalue weighted by molar-refractivity contribution is 7.98. The first kappa shape index (κ1) is 10.8. The molecule has 0 fully saturated rings. The van der Waals surface area contributed by atoms with E-state index in [-0.39, 0.29) is 6.10 Å². The van der Waals surface area contributed by atoms with Crippen LogP contribution in [0, 0.1) is 0 Å². The fourth-order valence-corrected chi connectivity index (χ4v) is 2.15. The Morgan fingerprint density at radius 1 is 1.53 bits per heavy atom. The number of aryl methyl sites for hydroxylation is 1. The number of fused-ring (bicyclic) bond motifs is 1. The van der Waals surface area contributed by atoms with Gasteiger partial charge in [-0.25, -0.2) is 0 Å². The standard InChI is InChI=1S/C12H16O2S/c1-15-7-6-14-10-3-4-11-9(8-10)2-5-12(11)13/h3-4,8,12-13H,2,5-7H2,1H3. The summed E-state index contributed by atoms with van der Waals surface area (Å²) in [6.45, 7) is 0.752. The Hall–Kier alpha value is -0.670. The minimum absolute atomic E-state index is 0.264. The van der Waals surface area contributed by atoms with Crippen molar-refractivity contribution >= 4 is 11.8 Å².